The molecule has 1 aliphatic rings. The molecule has 0 unspecified atom stereocenters. The van der Waals surface area contributed by atoms with E-state index in [9.17, 15) is 0 Å². The third-order valence-corrected chi connectivity index (χ3v) is 4.10. The molecule has 1 aliphatic heterocycles. The largest absolute Gasteiger partial charge is 0.369 e. The van der Waals surface area contributed by atoms with Crippen molar-refractivity contribution in [1.82, 2.24) is 24.8 Å². The number of aromatic nitrogens is 4. The minimum absolute atomic E-state index is 0.0470. The first-order valence-corrected chi connectivity index (χ1v) is 8.34. The molecule has 1 atom stereocenters. The number of pyridine rings is 2. The molecule has 0 spiro atoms. The van der Waals surface area contributed by atoms with Gasteiger partial charge in [-0.3, -0.25) is 4.90 Å². The molecular weight excluding hydrogens is 316 g/mol. The molecule has 0 aromatic carbocycles. The number of anilines is 2. The quantitative estimate of drug-likeness (QED) is 0.745. The molecule has 3 aromatic rings. The molecule has 7 nitrogen and oxygen atoms in total. The third kappa shape index (κ3) is 4.01. The van der Waals surface area contributed by atoms with Crippen molar-refractivity contribution in [2.75, 3.05) is 25.0 Å². The van der Waals surface area contributed by atoms with Gasteiger partial charge in [0.15, 0.2) is 0 Å². The maximum absolute atomic E-state index is 5.94. The van der Waals surface area contributed by atoms with Gasteiger partial charge in [-0.2, -0.15) is 0 Å². The Morgan fingerprint density at radius 2 is 2.08 bits per heavy atom. The van der Waals surface area contributed by atoms with Crippen LogP contribution < -0.4 is 5.32 Å². The zero-order valence-electron chi connectivity index (χ0n) is 13.8. The lowest BCUT2D eigenvalue weighted by molar-refractivity contribution is -0.0356. The standard InChI is InChI=1S/C18H20N6O/c1-2-7-19-16(5-1)23-17-6-3-4-14(22-17)15-12-24(10-11-25-15)13-18-20-8-9-21-18/h1-9,15H,10-13H2,(H,20,21)(H,19,22,23)/t15-/m0/s1. The van der Waals surface area contributed by atoms with Crippen LogP contribution >= 0.6 is 0 Å². The van der Waals surface area contributed by atoms with E-state index in [1.165, 1.54) is 0 Å². The van der Waals surface area contributed by atoms with Gasteiger partial charge in [0.2, 0.25) is 0 Å². The van der Waals surface area contributed by atoms with Gasteiger partial charge in [0, 0.05) is 31.7 Å². The molecule has 1 saturated heterocycles. The Hall–Kier alpha value is -2.77. The molecule has 0 aliphatic carbocycles. The number of nitrogens with zero attached hydrogens (tertiary/aromatic N) is 4. The molecule has 0 radical (unpaired) electrons. The van der Waals surface area contributed by atoms with Crippen molar-refractivity contribution in [3.8, 4) is 0 Å². The van der Waals surface area contributed by atoms with Crippen molar-refractivity contribution < 1.29 is 4.74 Å². The summed E-state index contributed by atoms with van der Waals surface area (Å²) in [4.78, 5) is 18.7. The Labute approximate surface area is 146 Å². The number of aromatic amines is 1. The van der Waals surface area contributed by atoms with E-state index in [-0.39, 0.29) is 6.10 Å². The van der Waals surface area contributed by atoms with Crippen LogP contribution in [-0.4, -0.2) is 44.5 Å². The Bertz CT molecular complexity index is 792. The van der Waals surface area contributed by atoms with Crippen LogP contribution in [0.3, 0.4) is 0 Å². The smallest absolute Gasteiger partial charge is 0.131 e. The molecule has 0 bridgehead atoms. The fraction of sp³-hybridized carbons (Fsp3) is 0.278. The lowest BCUT2D eigenvalue weighted by Crippen LogP contribution is -2.38. The van der Waals surface area contributed by atoms with Gasteiger partial charge in [0.25, 0.3) is 0 Å². The zero-order valence-corrected chi connectivity index (χ0v) is 13.8. The van der Waals surface area contributed by atoms with Crippen LogP contribution in [0.4, 0.5) is 11.6 Å². The van der Waals surface area contributed by atoms with E-state index in [1.807, 2.05) is 42.6 Å². The average Bonchev–Trinajstić information content (AvgIpc) is 3.16. The van der Waals surface area contributed by atoms with Crippen LogP contribution in [0.5, 0.6) is 0 Å². The van der Waals surface area contributed by atoms with Crippen molar-refractivity contribution in [2.45, 2.75) is 12.6 Å². The monoisotopic (exact) mass is 336 g/mol. The highest BCUT2D eigenvalue weighted by atomic mass is 16.5. The van der Waals surface area contributed by atoms with Crippen molar-refractivity contribution in [2.24, 2.45) is 0 Å². The molecule has 4 heterocycles. The molecule has 0 amide bonds. The van der Waals surface area contributed by atoms with Crippen LogP contribution in [0, 0.1) is 0 Å². The van der Waals surface area contributed by atoms with Crippen molar-refractivity contribution >= 4 is 11.6 Å². The van der Waals surface area contributed by atoms with Gasteiger partial charge in [0.05, 0.1) is 18.8 Å². The van der Waals surface area contributed by atoms with Crippen LogP contribution in [-0.2, 0) is 11.3 Å². The summed E-state index contributed by atoms with van der Waals surface area (Å²) in [6, 6.07) is 11.7. The number of nitrogens with one attached hydrogen (secondary N) is 2. The van der Waals surface area contributed by atoms with Gasteiger partial charge < -0.3 is 15.0 Å². The van der Waals surface area contributed by atoms with Gasteiger partial charge >= 0.3 is 0 Å². The van der Waals surface area contributed by atoms with Crippen LogP contribution in [0.1, 0.15) is 17.6 Å². The highest BCUT2D eigenvalue weighted by molar-refractivity contribution is 5.51. The van der Waals surface area contributed by atoms with Gasteiger partial charge in [0.1, 0.15) is 23.6 Å². The van der Waals surface area contributed by atoms with Crippen LogP contribution in [0.2, 0.25) is 0 Å². The summed E-state index contributed by atoms with van der Waals surface area (Å²) >= 11 is 0. The summed E-state index contributed by atoms with van der Waals surface area (Å²) in [6.45, 7) is 3.16. The summed E-state index contributed by atoms with van der Waals surface area (Å²) in [5, 5.41) is 3.22. The number of rotatable bonds is 5. The summed E-state index contributed by atoms with van der Waals surface area (Å²) in [5.41, 5.74) is 0.921. The molecule has 1 fully saturated rings. The number of H-pyrrole nitrogens is 1. The normalized spacial score (nSPS) is 18.2. The fourth-order valence-corrected chi connectivity index (χ4v) is 2.89. The van der Waals surface area contributed by atoms with Gasteiger partial charge in [-0.05, 0) is 24.3 Å². The van der Waals surface area contributed by atoms with E-state index in [0.29, 0.717) is 6.61 Å². The van der Waals surface area contributed by atoms with E-state index >= 15 is 0 Å². The molecule has 0 saturated carbocycles. The van der Waals surface area contributed by atoms with Gasteiger partial charge in [-0.15, -0.1) is 0 Å². The molecule has 25 heavy (non-hydrogen) atoms. The SMILES string of the molecule is c1ccc(Nc2cccc([C@@H]3CN(Cc4ncc[nH]4)CCO3)n2)nc1. The van der Waals surface area contributed by atoms with Gasteiger partial charge in [-0.25, -0.2) is 15.0 Å². The Kier molecular flexibility index (Phi) is 4.67. The Balaban J connectivity index is 1.44. The second-order valence-electron chi connectivity index (χ2n) is 5.92. The van der Waals surface area contributed by atoms with E-state index in [1.54, 1.807) is 12.4 Å². The number of imidazole rings is 1. The second-order valence-corrected chi connectivity index (χ2v) is 5.92. The average molecular weight is 336 g/mol. The highest BCUT2D eigenvalue weighted by Gasteiger charge is 2.23. The van der Waals surface area contributed by atoms with Crippen molar-refractivity contribution in [3.63, 3.8) is 0 Å². The number of hydrogen-bond donors (Lipinski definition) is 2. The Morgan fingerprint density at radius 3 is 2.92 bits per heavy atom. The van der Waals surface area contributed by atoms with E-state index in [2.05, 4.69) is 25.2 Å². The zero-order chi connectivity index (χ0) is 16.9. The minimum atomic E-state index is -0.0470. The third-order valence-electron chi connectivity index (χ3n) is 4.10. The highest BCUT2D eigenvalue weighted by Crippen LogP contribution is 2.23. The lowest BCUT2D eigenvalue weighted by Gasteiger charge is -2.32. The van der Waals surface area contributed by atoms with E-state index in [0.717, 1.165) is 42.8 Å². The number of hydrogen-bond acceptors (Lipinski definition) is 6. The molecule has 4 rings (SSSR count). The number of ether oxygens (including phenoxy) is 1. The topological polar surface area (TPSA) is 79.0 Å². The maximum atomic E-state index is 5.94. The second kappa shape index (κ2) is 7.42. The first-order valence-electron chi connectivity index (χ1n) is 8.34. The van der Waals surface area contributed by atoms with Crippen LogP contribution in [0.15, 0.2) is 55.0 Å². The van der Waals surface area contributed by atoms with Crippen LogP contribution in [0.25, 0.3) is 0 Å². The first kappa shape index (κ1) is 15.7. The summed E-state index contributed by atoms with van der Waals surface area (Å²) < 4.78 is 5.94. The molecule has 3 aromatic heterocycles. The molecular formula is C18H20N6O. The summed E-state index contributed by atoms with van der Waals surface area (Å²) in [7, 11) is 0. The van der Waals surface area contributed by atoms with Gasteiger partial charge in [-0.1, -0.05) is 12.1 Å². The molecule has 7 heteroatoms. The fourth-order valence-electron chi connectivity index (χ4n) is 2.89. The van der Waals surface area contributed by atoms with Crippen molar-refractivity contribution in [1.29, 1.82) is 0 Å². The number of morpholine rings is 1. The van der Waals surface area contributed by atoms with E-state index < -0.39 is 0 Å². The molecule has 128 valence electrons. The lowest BCUT2D eigenvalue weighted by atomic mass is 10.2. The summed E-state index contributed by atoms with van der Waals surface area (Å²) in [5.74, 6) is 2.51. The minimum Gasteiger partial charge on any atom is -0.369 e. The van der Waals surface area contributed by atoms with Crippen molar-refractivity contribution in [3.05, 3.63) is 66.5 Å². The first-order chi connectivity index (χ1) is 12.4. The molecule has 2 N–H and O–H groups in total. The van der Waals surface area contributed by atoms with E-state index in [4.69, 9.17) is 9.72 Å². The maximum Gasteiger partial charge on any atom is 0.131 e. The Morgan fingerprint density at radius 1 is 1.12 bits per heavy atom. The predicted octanol–water partition coefficient (Wildman–Crippen LogP) is 2.52. The summed E-state index contributed by atoms with van der Waals surface area (Å²) in [6.07, 6.45) is 5.33. The predicted molar refractivity (Wildman–Crippen MR) is 94.3 cm³/mol.